The first-order valence-corrected chi connectivity index (χ1v) is 5.22. The third-order valence-electron chi connectivity index (χ3n) is 2.38. The van der Waals surface area contributed by atoms with Gasteiger partial charge < -0.3 is 9.15 Å². The van der Waals surface area contributed by atoms with Crippen LogP contribution in [0.4, 0.5) is 5.69 Å². The zero-order valence-electron chi connectivity index (χ0n) is 9.71. The van der Waals surface area contributed by atoms with Gasteiger partial charge in [0.1, 0.15) is 11.9 Å². The Labute approximate surface area is 102 Å². The van der Waals surface area contributed by atoms with E-state index in [4.69, 9.17) is 14.4 Å². The molecule has 18 heavy (non-hydrogen) atoms. The summed E-state index contributed by atoms with van der Waals surface area (Å²) in [5.41, 5.74) is 3.12. The number of benzene rings is 1. The Morgan fingerprint density at radius 1 is 1.50 bits per heavy atom. The first-order chi connectivity index (χ1) is 8.74. The third-order valence-corrected chi connectivity index (χ3v) is 2.38. The minimum Gasteiger partial charge on any atom is -0.423 e. The average Bonchev–Trinajstić information content (AvgIpc) is 2.36. The fourth-order valence-electron chi connectivity index (χ4n) is 1.68. The number of rotatable bonds is 4. The molecule has 1 heterocycles. The number of hydrogen-bond acceptors (Lipinski definition) is 5. The smallest absolute Gasteiger partial charge is 0.336 e. The van der Waals surface area contributed by atoms with Crippen LogP contribution in [0.15, 0.2) is 38.5 Å². The molecule has 0 saturated carbocycles. The van der Waals surface area contributed by atoms with Crippen LogP contribution in [0.3, 0.4) is 0 Å². The maximum atomic E-state index is 11.4. The lowest BCUT2D eigenvalue weighted by Gasteiger charge is -2.04. The van der Waals surface area contributed by atoms with Gasteiger partial charge >= 0.3 is 5.63 Å². The van der Waals surface area contributed by atoms with Gasteiger partial charge in [-0.1, -0.05) is 0 Å². The van der Waals surface area contributed by atoms with Crippen molar-refractivity contribution < 1.29 is 14.4 Å². The highest BCUT2D eigenvalue weighted by molar-refractivity contribution is 5.83. The summed E-state index contributed by atoms with van der Waals surface area (Å²) in [6.07, 6.45) is 1.12. The van der Waals surface area contributed by atoms with Gasteiger partial charge in [0.05, 0.1) is 12.3 Å². The third kappa shape index (κ3) is 2.55. The monoisotopic (exact) mass is 248 g/mol. The van der Waals surface area contributed by atoms with Crippen molar-refractivity contribution >= 4 is 23.0 Å². The molecule has 0 saturated heterocycles. The van der Waals surface area contributed by atoms with Crippen LogP contribution in [0.25, 0.3) is 11.0 Å². The fourth-order valence-corrected chi connectivity index (χ4v) is 1.68. The Hall–Kier alpha value is -2.18. The lowest BCUT2D eigenvalue weighted by Crippen LogP contribution is -2.02. The van der Waals surface area contributed by atoms with E-state index in [1.54, 1.807) is 30.8 Å². The van der Waals surface area contributed by atoms with Crippen molar-refractivity contribution in [2.75, 3.05) is 7.11 Å². The van der Waals surface area contributed by atoms with Crippen LogP contribution in [-0.2, 0) is 11.3 Å². The Bertz CT molecular complexity index is 634. The van der Waals surface area contributed by atoms with Gasteiger partial charge in [-0.05, 0) is 17.7 Å². The highest BCUT2D eigenvalue weighted by Gasteiger charge is 2.05. The standard InChI is InChI=1S/C12H12N2O4/c1-17-6-8-4-12(15)18-11-5-9(13-7-14-16)2-3-10(8)11/h2-5,7,16H,6H2,1H3,(H,13,14). The summed E-state index contributed by atoms with van der Waals surface area (Å²) in [6, 6.07) is 6.56. The van der Waals surface area contributed by atoms with E-state index in [1.165, 1.54) is 6.07 Å². The minimum absolute atomic E-state index is 0.336. The fraction of sp³-hybridized carbons (Fsp3) is 0.167. The summed E-state index contributed by atoms with van der Waals surface area (Å²) in [5, 5.41) is 9.21. The summed E-state index contributed by atoms with van der Waals surface area (Å²) in [4.78, 5) is 15.3. The number of aliphatic imine (C=N–C) groups is 1. The Morgan fingerprint density at radius 3 is 3.06 bits per heavy atom. The molecular formula is C12H12N2O4. The van der Waals surface area contributed by atoms with Crippen molar-refractivity contribution in [1.29, 1.82) is 0 Å². The van der Waals surface area contributed by atoms with E-state index in [-0.39, 0.29) is 0 Å². The van der Waals surface area contributed by atoms with Crippen molar-refractivity contribution in [3.63, 3.8) is 0 Å². The molecule has 2 rings (SSSR count). The van der Waals surface area contributed by atoms with Crippen LogP contribution in [0.2, 0.25) is 0 Å². The van der Waals surface area contributed by atoms with E-state index in [9.17, 15) is 4.79 Å². The molecule has 2 aromatic rings. The lowest BCUT2D eigenvalue weighted by molar-refractivity contribution is 0.185. The number of nitrogens with zero attached hydrogens (tertiary/aromatic N) is 1. The molecule has 1 aromatic carbocycles. The molecule has 0 radical (unpaired) electrons. The van der Waals surface area contributed by atoms with E-state index in [1.807, 2.05) is 0 Å². The van der Waals surface area contributed by atoms with E-state index in [0.717, 1.165) is 17.3 Å². The number of hydroxylamine groups is 1. The van der Waals surface area contributed by atoms with Gasteiger partial charge in [-0.15, -0.1) is 0 Å². The average molecular weight is 248 g/mol. The van der Waals surface area contributed by atoms with E-state index in [0.29, 0.717) is 17.9 Å². The Balaban J connectivity index is 2.56. The maximum absolute atomic E-state index is 11.4. The molecule has 0 aliphatic heterocycles. The molecule has 1 aromatic heterocycles. The molecule has 0 atom stereocenters. The van der Waals surface area contributed by atoms with E-state index >= 15 is 0 Å². The SMILES string of the molecule is COCc1cc(=O)oc2cc(N=CNO)ccc12. The predicted octanol–water partition coefficient (Wildman–Crippen LogP) is 1.58. The minimum atomic E-state index is -0.434. The molecule has 0 spiro atoms. The Morgan fingerprint density at radius 2 is 2.33 bits per heavy atom. The Kier molecular flexibility index (Phi) is 3.71. The summed E-state index contributed by atoms with van der Waals surface area (Å²) in [5.74, 6) is 0. The summed E-state index contributed by atoms with van der Waals surface area (Å²) in [6.45, 7) is 0.336. The topological polar surface area (TPSA) is 84.1 Å². The number of nitrogens with one attached hydrogen (secondary N) is 1. The zero-order chi connectivity index (χ0) is 13.0. The second kappa shape index (κ2) is 5.44. The van der Waals surface area contributed by atoms with Gasteiger partial charge in [0.2, 0.25) is 0 Å². The molecule has 0 unspecified atom stereocenters. The predicted molar refractivity (Wildman–Crippen MR) is 66.3 cm³/mol. The first-order valence-electron chi connectivity index (χ1n) is 5.22. The second-order valence-electron chi connectivity index (χ2n) is 3.59. The van der Waals surface area contributed by atoms with Gasteiger partial charge in [-0.3, -0.25) is 10.7 Å². The number of ether oxygens (including phenoxy) is 1. The summed E-state index contributed by atoms with van der Waals surface area (Å²) >= 11 is 0. The zero-order valence-corrected chi connectivity index (χ0v) is 9.71. The van der Waals surface area contributed by atoms with E-state index in [2.05, 4.69) is 4.99 Å². The van der Waals surface area contributed by atoms with Crippen molar-refractivity contribution in [3.8, 4) is 0 Å². The number of fused-ring (bicyclic) bond motifs is 1. The number of hydrogen-bond donors (Lipinski definition) is 2. The van der Waals surface area contributed by atoms with Crippen LogP contribution < -0.4 is 11.1 Å². The van der Waals surface area contributed by atoms with Crippen LogP contribution in [0.1, 0.15) is 5.56 Å². The van der Waals surface area contributed by atoms with Crippen molar-refractivity contribution in [1.82, 2.24) is 5.48 Å². The highest BCUT2D eigenvalue weighted by Crippen LogP contribution is 2.23. The number of methoxy groups -OCH3 is 1. The summed E-state index contributed by atoms with van der Waals surface area (Å²) < 4.78 is 10.1. The van der Waals surface area contributed by atoms with Crippen molar-refractivity contribution in [2.24, 2.45) is 4.99 Å². The van der Waals surface area contributed by atoms with Crippen molar-refractivity contribution in [3.05, 3.63) is 40.2 Å². The molecule has 2 N–H and O–H groups in total. The lowest BCUT2D eigenvalue weighted by atomic mass is 10.1. The van der Waals surface area contributed by atoms with Crippen LogP contribution >= 0.6 is 0 Å². The summed E-state index contributed by atoms with van der Waals surface area (Å²) in [7, 11) is 1.56. The van der Waals surface area contributed by atoms with Crippen molar-refractivity contribution in [2.45, 2.75) is 6.61 Å². The molecule has 6 heteroatoms. The molecule has 0 aliphatic rings. The molecule has 94 valence electrons. The molecule has 6 nitrogen and oxygen atoms in total. The van der Waals surface area contributed by atoms with Crippen LogP contribution in [0.5, 0.6) is 0 Å². The van der Waals surface area contributed by atoms with Gasteiger partial charge in [-0.2, -0.15) is 0 Å². The first kappa shape index (κ1) is 12.3. The molecular weight excluding hydrogens is 236 g/mol. The van der Waals surface area contributed by atoms with Gasteiger partial charge in [0.25, 0.3) is 0 Å². The van der Waals surface area contributed by atoms with E-state index < -0.39 is 5.63 Å². The highest BCUT2D eigenvalue weighted by atomic mass is 16.5. The molecule has 0 fully saturated rings. The van der Waals surface area contributed by atoms with Crippen LogP contribution in [-0.4, -0.2) is 18.7 Å². The largest absolute Gasteiger partial charge is 0.423 e. The van der Waals surface area contributed by atoms with Gasteiger partial charge in [0, 0.05) is 24.6 Å². The molecule has 0 amide bonds. The normalized spacial score (nSPS) is 11.2. The van der Waals surface area contributed by atoms with Crippen LogP contribution in [0, 0.1) is 0 Å². The maximum Gasteiger partial charge on any atom is 0.336 e. The molecule has 0 aliphatic carbocycles. The van der Waals surface area contributed by atoms with Gasteiger partial charge in [0.15, 0.2) is 0 Å². The van der Waals surface area contributed by atoms with Gasteiger partial charge in [-0.25, -0.2) is 9.79 Å². The quantitative estimate of drug-likeness (QED) is 0.371. The molecule has 0 bridgehead atoms. The second-order valence-corrected chi connectivity index (χ2v) is 3.59.